The van der Waals surface area contributed by atoms with E-state index in [-0.39, 0.29) is 11.7 Å². The van der Waals surface area contributed by atoms with Gasteiger partial charge in [-0.05, 0) is 43.2 Å². The van der Waals surface area contributed by atoms with E-state index in [0.717, 1.165) is 19.5 Å². The average Bonchev–Trinajstić information content (AvgIpc) is 2.91. The number of ketones is 1. The van der Waals surface area contributed by atoms with Crippen molar-refractivity contribution in [2.75, 3.05) is 13.1 Å². The zero-order chi connectivity index (χ0) is 16.8. The lowest BCUT2D eigenvalue weighted by molar-refractivity contribution is -0.129. The van der Waals surface area contributed by atoms with Crippen LogP contribution in [-0.4, -0.2) is 41.8 Å². The average molecular weight is 337 g/mol. The molecule has 2 rings (SSSR count). The highest BCUT2D eigenvalue weighted by atomic mass is 32.1. The van der Waals surface area contributed by atoms with Gasteiger partial charge in [0.05, 0.1) is 18.6 Å². The highest BCUT2D eigenvalue weighted by Gasteiger charge is 2.27. The highest BCUT2D eigenvalue weighted by molar-refractivity contribution is 7.09. The Morgan fingerprint density at radius 3 is 2.96 bits per heavy atom. The second-order valence-corrected chi connectivity index (χ2v) is 7.73. The third-order valence-corrected chi connectivity index (χ3v) is 4.93. The molecule has 1 saturated heterocycles. The predicted octanol–water partition coefficient (Wildman–Crippen LogP) is 1.77. The monoisotopic (exact) mass is 337 g/mol. The number of amides is 1. The number of Topliss-reactive ketones (excluding diaryl/α,β-unsaturated/α-hetero) is 1. The first kappa shape index (κ1) is 18.1. The highest BCUT2D eigenvalue weighted by Crippen LogP contribution is 2.16. The van der Waals surface area contributed by atoms with Gasteiger partial charge in [-0.3, -0.25) is 14.5 Å². The Labute approximate surface area is 142 Å². The van der Waals surface area contributed by atoms with Crippen molar-refractivity contribution in [2.45, 2.75) is 51.7 Å². The minimum Gasteiger partial charge on any atom is -0.345 e. The second-order valence-electron chi connectivity index (χ2n) is 6.70. The van der Waals surface area contributed by atoms with E-state index in [4.69, 9.17) is 5.73 Å². The van der Waals surface area contributed by atoms with Crippen molar-refractivity contribution in [1.29, 1.82) is 0 Å². The second kappa shape index (κ2) is 8.57. The van der Waals surface area contributed by atoms with Crippen LogP contribution in [-0.2, 0) is 16.1 Å². The molecule has 6 heteroatoms. The SMILES string of the molecule is CC(C)C[C@H](N)C(=O)NC1CCCN(Cc2cccs2)CC1=O. The molecule has 0 bridgehead atoms. The molecule has 2 heterocycles. The summed E-state index contributed by atoms with van der Waals surface area (Å²) in [6.07, 6.45) is 2.23. The lowest BCUT2D eigenvalue weighted by Gasteiger charge is -2.20. The van der Waals surface area contributed by atoms with Crippen LogP contribution in [0.5, 0.6) is 0 Å². The number of rotatable bonds is 6. The minimum absolute atomic E-state index is 0.0872. The third-order valence-electron chi connectivity index (χ3n) is 4.07. The van der Waals surface area contributed by atoms with Crippen LogP contribution in [0.3, 0.4) is 0 Å². The number of nitrogens with two attached hydrogens (primary N) is 1. The first-order valence-corrected chi connectivity index (χ1v) is 9.17. The predicted molar refractivity (Wildman–Crippen MR) is 93.2 cm³/mol. The Morgan fingerprint density at radius 1 is 1.52 bits per heavy atom. The molecule has 1 aromatic heterocycles. The molecule has 23 heavy (non-hydrogen) atoms. The van der Waals surface area contributed by atoms with Gasteiger partial charge in [-0.2, -0.15) is 0 Å². The van der Waals surface area contributed by atoms with Crippen LogP contribution in [0.25, 0.3) is 0 Å². The summed E-state index contributed by atoms with van der Waals surface area (Å²) in [5.41, 5.74) is 5.91. The standard InChI is InChI=1S/C17H27N3O2S/c1-12(2)9-14(18)17(22)19-15-6-3-7-20(11-16(15)21)10-13-5-4-8-23-13/h4-5,8,12,14-15H,3,6-7,9-11,18H2,1-2H3,(H,19,22)/t14-,15?/m0/s1. The van der Waals surface area contributed by atoms with Crippen molar-refractivity contribution < 1.29 is 9.59 Å². The first-order chi connectivity index (χ1) is 11.0. The molecule has 0 aromatic carbocycles. The van der Waals surface area contributed by atoms with Gasteiger partial charge in [0.15, 0.2) is 5.78 Å². The molecule has 1 fully saturated rings. The fraction of sp³-hybridized carbons (Fsp3) is 0.647. The fourth-order valence-electron chi connectivity index (χ4n) is 2.89. The molecule has 1 aromatic rings. The number of carbonyl (C=O) groups is 2. The maximum Gasteiger partial charge on any atom is 0.237 e. The molecule has 0 spiro atoms. The molecule has 1 unspecified atom stereocenters. The van der Waals surface area contributed by atoms with E-state index in [9.17, 15) is 9.59 Å². The number of nitrogens with one attached hydrogen (secondary N) is 1. The van der Waals surface area contributed by atoms with Crippen molar-refractivity contribution in [3.8, 4) is 0 Å². The van der Waals surface area contributed by atoms with Crippen LogP contribution < -0.4 is 11.1 Å². The van der Waals surface area contributed by atoms with Crippen LogP contribution in [0.15, 0.2) is 17.5 Å². The molecule has 0 aliphatic carbocycles. The van der Waals surface area contributed by atoms with Crippen molar-refractivity contribution >= 4 is 23.0 Å². The first-order valence-electron chi connectivity index (χ1n) is 8.29. The topological polar surface area (TPSA) is 75.4 Å². The Morgan fingerprint density at radius 2 is 2.30 bits per heavy atom. The lowest BCUT2D eigenvalue weighted by Crippen LogP contribution is -2.49. The van der Waals surface area contributed by atoms with Crippen LogP contribution in [0.4, 0.5) is 0 Å². The van der Waals surface area contributed by atoms with Gasteiger partial charge < -0.3 is 11.1 Å². The summed E-state index contributed by atoms with van der Waals surface area (Å²) in [5, 5.41) is 4.91. The summed E-state index contributed by atoms with van der Waals surface area (Å²) in [6, 6.07) is 3.19. The Hall–Kier alpha value is -1.24. The molecule has 3 N–H and O–H groups in total. The number of nitrogens with zero attached hydrogens (tertiary/aromatic N) is 1. The molecule has 0 saturated carbocycles. The Balaban J connectivity index is 1.87. The van der Waals surface area contributed by atoms with E-state index in [1.807, 2.05) is 25.3 Å². The maximum absolute atomic E-state index is 12.4. The maximum atomic E-state index is 12.4. The Kier molecular flexibility index (Phi) is 6.74. The molecule has 5 nitrogen and oxygen atoms in total. The van der Waals surface area contributed by atoms with Crippen LogP contribution in [0, 0.1) is 5.92 Å². The van der Waals surface area contributed by atoms with E-state index >= 15 is 0 Å². The van der Waals surface area contributed by atoms with Gasteiger partial charge in [0, 0.05) is 11.4 Å². The van der Waals surface area contributed by atoms with Gasteiger partial charge in [0.2, 0.25) is 5.91 Å². The molecule has 1 aliphatic heterocycles. The number of hydrogen-bond acceptors (Lipinski definition) is 5. The summed E-state index contributed by atoms with van der Waals surface area (Å²) >= 11 is 1.71. The van der Waals surface area contributed by atoms with Crippen LogP contribution >= 0.6 is 11.3 Å². The molecule has 1 aliphatic rings. The van der Waals surface area contributed by atoms with E-state index in [2.05, 4.69) is 16.3 Å². The van der Waals surface area contributed by atoms with Crippen molar-refractivity contribution in [3.63, 3.8) is 0 Å². The van der Waals surface area contributed by atoms with Gasteiger partial charge in [-0.25, -0.2) is 0 Å². The van der Waals surface area contributed by atoms with Crippen molar-refractivity contribution in [3.05, 3.63) is 22.4 Å². The number of carbonyl (C=O) groups excluding carboxylic acids is 2. The molecule has 1 amide bonds. The van der Waals surface area contributed by atoms with Crippen molar-refractivity contribution in [1.82, 2.24) is 10.2 Å². The summed E-state index contributed by atoms with van der Waals surface area (Å²) in [4.78, 5) is 28.0. The summed E-state index contributed by atoms with van der Waals surface area (Å²) < 4.78 is 0. The minimum atomic E-state index is -0.534. The zero-order valence-electron chi connectivity index (χ0n) is 14.0. The fourth-order valence-corrected chi connectivity index (χ4v) is 3.64. The van der Waals surface area contributed by atoms with E-state index in [1.165, 1.54) is 4.88 Å². The summed E-state index contributed by atoms with van der Waals surface area (Å²) in [7, 11) is 0. The summed E-state index contributed by atoms with van der Waals surface area (Å²) in [5.74, 6) is 0.245. The van der Waals surface area contributed by atoms with Crippen molar-refractivity contribution in [2.24, 2.45) is 11.7 Å². The molecular weight excluding hydrogens is 310 g/mol. The molecule has 128 valence electrons. The number of likely N-dealkylation sites (tertiary alicyclic amines) is 1. The van der Waals surface area contributed by atoms with Gasteiger partial charge in [0.1, 0.15) is 0 Å². The zero-order valence-corrected chi connectivity index (χ0v) is 14.8. The largest absolute Gasteiger partial charge is 0.345 e. The van der Waals surface area contributed by atoms with E-state index in [0.29, 0.717) is 25.3 Å². The lowest BCUT2D eigenvalue weighted by atomic mass is 10.0. The van der Waals surface area contributed by atoms with Gasteiger partial charge in [0.25, 0.3) is 0 Å². The Bertz CT molecular complexity index is 516. The van der Waals surface area contributed by atoms with E-state index in [1.54, 1.807) is 11.3 Å². The quantitative estimate of drug-likeness (QED) is 0.829. The van der Waals surface area contributed by atoms with Gasteiger partial charge >= 0.3 is 0 Å². The third kappa shape index (κ3) is 5.71. The number of hydrogen-bond donors (Lipinski definition) is 2. The normalized spacial score (nSPS) is 21.2. The number of thiophene rings is 1. The smallest absolute Gasteiger partial charge is 0.237 e. The van der Waals surface area contributed by atoms with Crippen LogP contribution in [0.2, 0.25) is 0 Å². The van der Waals surface area contributed by atoms with Gasteiger partial charge in [-0.15, -0.1) is 11.3 Å². The van der Waals surface area contributed by atoms with Gasteiger partial charge in [-0.1, -0.05) is 19.9 Å². The molecular formula is C17H27N3O2S. The molecule has 0 radical (unpaired) electrons. The van der Waals surface area contributed by atoms with E-state index < -0.39 is 12.1 Å². The molecule has 2 atom stereocenters. The van der Waals surface area contributed by atoms with Crippen LogP contribution in [0.1, 0.15) is 38.0 Å². The summed E-state index contributed by atoms with van der Waals surface area (Å²) in [6.45, 7) is 6.14.